The largest absolute Gasteiger partial charge is 0.356 e. The molecule has 0 bridgehead atoms. The van der Waals surface area contributed by atoms with E-state index < -0.39 is 0 Å². The number of hydrogen-bond donors (Lipinski definition) is 0. The average Bonchev–Trinajstić information content (AvgIpc) is 3.02. The summed E-state index contributed by atoms with van der Waals surface area (Å²) in [5.74, 6) is 0. The van der Waals surface area contributed by atoms with Crippen molar-refractivity contribution in [3.63, 3.8) is 0 Å². The van der Waals surface area contributed by atoms with Crippen molar-refractivity contribution in [2.75, 3.05) is 6.61 Å². The van der Waals surface area contributed by atoms with E-state index in [9.17, 15) is 0 Å². The lowest BCUT2D eigenvalue weighted by molar-refractivity contribution is -0.0365. The topological polar surface area (TPSA) is 76.6 Å². The summed E-state index contributed by atoms with van der Waals surface area (Å²) in [4.78, 5) is 8.83. The molecule has 0 amide bonds. The Morgan fingerprint density at radius 2 is 2.17 bits per heavy atom. The van der Waals surface area contributed by atoms with Gasteiger partial charge in [-0.2, -0.15) is 10.4 Å². The Kier molecular flexibility index (Phi) is 3.48. The van der Waals surface area contributed by atoms with Gasteiger partial charge in [0.2, 0.25) is 0 Å². The molecule has 0 aliphatic carbocycles. The Balaban J connectivity index is 1.88. The van der Waals surface area contributed by atoms with Gasteiger partial charge in [-0.1, -0.05) is 0 Å². The highest BCUT2D eigenvalue weighted by atomic mass is 16.5. The molecule has 0 spiro atoms. The predicted octanol–water partition coefficient (Wildman–Crippen LogP) is 3.06. The van der Waals surface area contributed by atoms with Crippen LogP contribution in [-0.2, 0) is 4.74 Å². The van der Waals surface area contributed by atoms with E-state index in [0.29, 0.717) is 17.0 Å². The molecule has 0 radical (unpaired) electrons. The molecule has 1 aliphatic heterocycles. The fraction of sp³-hybridized carbons (Fsp3) is 0.294. The minimum Gasteiger partial charge on any atom is -0.356 e. The molecule has 6 nitrogen and oxygen atoms in total. The molecular formula is C17H15N5O. The summed E-state index contributed by atoms with van der Waals surface area (Å²) in [7, 11) is 0. The second-order valence-corrected chi connectivity index (χ2v) is 5.53. The first kappa shape index (κ1) is 13.9. The molecule has 1 unspecified atom stereocenters. The SMILES string of the molecule is N#Cc1ccnc(-c2nn(C3CCCCO3)c3cccnc23)c1. The smallest absolute Gasteiger partial charge is 0.150 e. The molecular weight excluding hydrogens is 290 g/mol. The molecule has 3 aromatic rings. The third-order valence-electron chi connectivity index (χ3n) is 4.03. The van der Waals surface area contributed by atoms with Crippen LogP contribution in [0.2, 0.25) is 0 Å². The van der Waals surface area contributed by atoms with Crippen LogP contribution in [0.3, 0.4) is 0 Å². The molecule has 0 saturated carbocycles. The van der Waals surface area contributed by atoms with Crippen LogP contribution in [-0.4, -0.2) is 26.4 Å². The van der Waals surface area contributed by atoms with Crippen LogP contribution < -0.4 is 0 Å². The molecule has 1 atom stereocenters. The highest BCUT2D eigenvalue weighted by Gasteiger charge is 2.22. The van der Waals surface area contributed by atoms with E-state index in [1.807, 2.05) is 16.8 Å². The minimum absolute atomic E-state index is 0.0663. The van der Waals surface area contributed by atoms with Crippen molar-refractivity contribution in [1.29, 1.82) is 5.26 Å². The van der Waals surface area contributed by atoms with E-state index in [1.165, 1.54) is 0 Å². The molecule has 0 aromatic carbocycles. The van der Waals surface area contributed by atoms with Crippen LogP contribution in [0.25, 0.3) is 22.4 Å². The van der Waals surface area contributed by atoms with E-state index in [0.717, 1.165) is 36.9 Å². The Morgan fingerprint density at radius 1 is 1.22 bits per heavy atom. The zero-order chi connectivity index (χ0) is 15.6. The lowest BCUT2D eigenvalue weighted by Gasteiger charge is -2.23. The fourth-order valence-electron chi connectivity index (χ4n) is 2.91. The van der Waals surface area contributed by atoms with Gasteiger partial charge in [-0.05, 0) is 43.5 Å². The lowest BCUT2D eigenvalue weighted by atomic mass is 10.2. The first-order valence-corrected chi connectivity index (χ1v) is 7.68. The second kappa shape index (κ2) is 5.78. The van der Waals surface area contributed by atoms with Gasteiger partial charge in [-0.3, -0.25) is 9.97 Å². The number of rotatable bonds is 2. The number of ether oxygens (including phenoxy) is 1. The summed E-state index contributed by atoms with van der Waals surface area (Å²) < 4.78 is 7.77. The maximum Gasteiger partial charge on any atom is 0.150 e. The Labute approximate surface area is 133 Å². The van der Waals surface area contributed by atoms with Crippen molar-refractivity contribution in [2.24, 2.45) is 0 Å². The summed E-state index contributed by atoms with van der Waals surface area (Å²) in [5.41, 5.74) is 3.61. The van der Waals surface area contributed by atoms with Gasteiger partial charge in [0, 0.05) is 19.0 Å². The van der Waals surface area contributed by atoms with Crippen molar-refractivity contribution in [3.8, 4) is 17.5 Å². The zero-order valence-electron chi connectivity index (χ0n) is 12.5. The molecule has 0 N–H and O–H groups in total. The summed E-state index contributed by atoms with van der Waals surface area (Å²) in [5, 5.41) is 13.8. The van der Waals surface area contributed by atoms with Crippen LogP contribution in [0, 0.1) is 11.3 Å². The van der Waals surface area contributed by atoms with Crippen molar-refractivity contribution in [2.45, 2.75) is 25.5 Å². The average molecular weight is 305 g/mol. The molecule has 1 saturated heterocycles. The molecule has 4 heterocycles. The van der Waals surface area contributed by atoms with E-state index in [2.05, 4.69) is 16.0 Å². The van der Waals surface area contributed by atoms with Gasteiger partial charge in [0.05, 0.1) is 22.8 Å². The van der Waals surface area contributed by atoms with Gasteiger partial charge in [0.1, 0.15) is 11.2 Å². The standard InChI is InChI=1S/C17H15N5O/c18-11-12-6-8-19-13(10-12)16-17-14(4-3-7-20-17)22(21-16)15-5-1-2-9-23-15/h3-4,6-8,10,15H,1-2,5,9H2. The van der Waals surface area contributed by atoms with E-state index in [4.69, 9.17) is 15.1 Å². The van der Waals surface area contributed by atoms with Gasteiger partial charge < -0.3 is 4.74 Å². The Hall–Kier alpha value is -2.78. The van der Waals surface area contributed by atoms with Gasteiger partial charge in [0.15, 0.2) is 6.23 Å². The predicted molar refractivity (Wildman–Crippen MR) is 84.3 cm³/mol. The number of aromatic nitrogens is 4. The van der Waals surface area contributed by atoms with Crippen molar-refractivity contribution in [1.82, 2.24) is 19.7 Å². The van der Waals surface area contributed by atoms with Crippen LogP contribution in [0.5, 0.6) is 0 Å². The quantitative estimate of drug-likeness (QED) is 0.727. The van der Waals surface area contributed by atoms with Crippen LogP contribution >= 0.6 is 0 Å². The van der Waals surface area contributed by atoms with Crippen LogP contribution in [0.1, 0.15) is 31.1 Å². The van der Waals surface area contributed by atoms with Gasteiger partial charge in [0.25, 0.3) is 0 Å². The minimum atomic E-state index is -0.0663. The van der Waals surface area contributed by atoms with E-state index in [-0.39, 0.29) is 6.23 Å². The van der Waals surface area contributed by atoms with Gasteiger partial charge >= 0.3 is 0 Å². The normalized spacial score (nSPS) is 18.0. The van der Waals surface area contributed by atoms with Gasteiger partial charge in [-0.25, -0.2) is 4.68 Å². The second-order valence-electron chi connectivity index (χ2n) is 5.53. The summed E-state index contributed by atoms with van der Waals surface area (Å²) in [6.07, 6.45) is 6.46. The third-order valence-corrected chi connectivity index (χ3v) is 4.03. The maximum atomic E-state index is 9.09. The Morgan fingerprint density at radius 3 is 3.00 bits per heavy atom. The molecule has 4 rings (SSSR count). The van der Waals surface area contributed by atoms with Crippen molar-refractivity contribution >= 4 is 11.0 Å². The number of hydrogen-bond acceptors (Lipinski definition) is 5. The fourth-order valence-corrected chi connectivity index (χ4v) is 2.91. The molecule has 23 heavy (non-hydrogen) atoms. The first-order chi connectivity index (χ1) is 11.4. The highest BCUT2D eigenvalue weighted by molar-refractivity contribution is 5.89. The monoisotopic (exact) mass is 305 g/mol. The third kappa shape index (κ3) is 2.45. The van der Waals surface area contributed by atoms with Crippen molar-refractivity contribution < 1.29 is 4.74 Å². The number of nitriles is 1. The Bertz CT molecular complexity index is 889. The summed E-state index contributed by atoms with van der Waals surface area (Å²) in [6.45, 7) is 0.754. The molecule has 1 aliphatic rings. The number of pyridine rings is 2. The molecule has 1 fully saturated rings. The highest BCUT2D eigenvalue weighted by Crippen LogP contribution is 2.30. The molecule has 114 valence electrons. The zero-order valence-corrected chi connectivity index (χ0v) is 12.5. The van der Waals surface area contributed by atoms with Crippen LogP contribution in [0.15, 0.2) is 36.7 Å². The summed E-state index contributed by atoms with van der Waals surface area (Å²) in [6, 6.07) is 9.44. The van der Waals surface area contributed by atoms with Gasteiger partial charge in [-0.15, -0.1) is 0 Å². The lowest BCUT2D eigenvalue weighted by Crippen LogP contribution is -2.19. The molecule has 3 aromatic heterocycles. The number of nitrogens with zero attached hydrogens (tertiary/aromatic N) is 5. The van der Waals surface area contributed by atoms with E-state index >= 15 is 0 Å². The summed E-state index contributed by atoms with van der Waals surface area (Å²) >= 11 is 0. The van der Waals surface area contributed by atoms with Crippen LogP contribution in [0.4, 0.5) is 0 Å². The first-order valence-electron chi connectivity index (χ1n) is 7.68. The van der Waals surface area contributed by atoms with E-state index in [1.54, 1.807) is 24.5 Å². The maximum absolute atomic E-state index is 9.09. The van der Waals surface area contributed by atoms with Crippen molar-refractivity contribution in [3.05, 3.63) is 42.2 Å². The number of fused-ring (bicyclic) bond motifs is 1. The molecule has 6 heteroatoms.